The molecule has 0 heterocycles. The summed E-state index contributed by atoms with van der Waals surface area (Å²) in [6.07, 6.45) is 2.13. The zero-order valence-corrected chi connectivity index (χ0v) is 12.2. The van der Waals surface area contributed by atoms with E-state index in [1.54, 1.807) is 20.9 Å². The van der Waals surface area contributed by atoms with Crippen molar-refractivity contribution < 1.29 is 19.8 Å². The Morgan fingerprint density at radius 3 is 2.21 bits per heavy atom. The van der Waals surface area contributed by atoms with Crippen LogP contribution >= 0.6 is 0 Å². The van der Waals surface area contributed by atoms with Gasteiger partial charge in [0.2, 0.25) is 5.91 Å². The molecule has 1 rings (SSSR count). The van der Waals surface area contributed by atoms with Gasteiger partial charge in [-0.05, 0) is 32.6 Å². The van der Waals surface area contributed by atoms with Gasteiger partial charge in [0.05, 0.1) is 17.4 Å². The molecule has 0 aromatic rings. The van der Waals surface area contributed by atoms with E-state index in [4.69, 9.17) is 0 Å². The summed E-state index contributed by atoms with van der Waals surface area (Å²) < 4.78 is 0. The predicted octanol–water partition coefficient (Wildman–Crippen LogP) is 1.35. The van der Waals surface area contributed by atoms with Crippen LogP contribution in [-0.4, -0.2) is 46.2 Å². The Bertz CT molecular complexity index is 348. The van der Waals surface area contributed by atoms with Gasteiger partial charge in [0.1, 0.15) is 0 Å². The highest BCUT2D eigenvalue weighted by atomic mass is 16.4. The molecule has 19 heavy (non-hydrogen) atoms. The highest BCUT2D eigenvalue weighted by Crippen LogP contribution is 2.39. The first-order valence-electron chi connectivity index (χ1n) is 6.86. The second-order valence-corrected chi connectivity index (χ2v) is 6.30. The van der Waals surface area contributed by atoms with Crippen LogP contribution in [0.25, 0.3) is 0 Å². The normalized spacial score (nSPS) is 27.3. The maximum Gasteiger partial charge on any atom is 0.307 e. The summed E-state index contributed by atoms with van der Waals surface area (Å²) in [6.45, 7) is 5.51. The van der Waals surface area contributed by atoms with Gasteiger partial charge in [-0.2, -0.15) is 0 Å². The molecule has 0 aromatic heterocycles. The molecule has 1 fully saturated rings. The SMILES string of the molecule is CCC1CC(C(=O)O)C(C(=O)N(C)CC(C)(C)O)C1. The van der Waals surface area contributed by atoms with Gasteiger partial charge in [0.25, 0.3) is 0 Å². The van der Waals surface area contributed by atoms with Gasteiger partial charge in [-0.1, -0.05) is 13.3 Å². The van der Waals surface area contributed by atoms with Crippen LogP contribution in [0.5, 0.6) is 0 Å². The largest absolute Gasteiger partial charge is 0.481 e. The summed E-state index contributed by atoms with van der Waals surface area (Å²) >= 11 is 0. The first kappa shape index (κ1) is 16.0. The number of carboxylic acids is 1. The summed E-state index contributed by atoms with van der Waals surface area (Å²) in [6, 6.07) is 0. The zero-order chi connectivity index (χ0) is 14.8. The van der Waals surface area contributed by atoms with E-state index in [2.05, 4.69) is 0 Å². The number of aliphatic carboxylic acids is 1. The fourth-order valence-electron chi connectivity index (χ4n) is 2.96. The standard InChI is InChI=1S/C14H25NO4/c1-5-9-6-10(11(7-9)13(17)18)12(16)15(4)8-14(2,3)19/h9-11,19H,5-8H2,1-4H3,(H,17,18). The Hall–Kier alpha value is -1.10. The molecule has 2 N–H and O–H groups in total. The number of carboxylic acid groups (broad SMARTS) is 1. The molecule has 1 amide bonds. The molecular formula is C14H25NO4. The van der Waals surface area contributed by atoms with Crippen LogP contribution in [0, 0.1) is 17.8 Å². The lowest BCUT2D eigenvalue weighted by Gasteiger charge is -2.28. The van der Waals surface area contributed by atoms with Crippen molar-refractivity contribution in [1.82, 2.24) is 4.90 Å². The monoisotopic (exact) mass is 271 g/mol. The number of carbonyl (C=O) groups excluding carboxylic acids is 1. The van der Waals surface area contributed by atoms with Gasteiger partial charge in [-0.15, -0.1) is 0 Å². The lowest BCUT2D eigenvalue weighted by atomic mass is 9.94. The molecule has 3 unspecified atom stereocenters. The number of hydrogen-bond acceptors (Lipinski definition) is 3. The number of aliphatic hydroxyl groups is 1. The average molecular weight is 271 g/mol. The highest BCUT2D eigenvalue weighted by Gasteiger charge is 2.43. The van der Waals surface area contributed by atoms with Gasteiger partial charge < -0.3 is 15.1 Å². The van der Waals surface area contributed by atoms with Crippen molar-refractivity contribution in [2.45, 2.75) is 45.6 Å². The van der Waals surface area contributed by atoms with Gasteiger partial charge >= 0.3 is 5.97 Å². The molecule has 0 radical (unpaired) electrons. The Kier molecular flexibility index (Phi) is 4.96. The number of likely N-dealkylation sites (N-methyl/N-ethyl adjacent to an activating group) is 1. The smallest absolute Gasteiger partial charge is 0.307 e. The van der Waals surface area contributed by atoms with E-state index in [0.29, 0.717) is 18.8 Å². The van der Waals surface area contributed by atoms with Crippen LogP contribution < -0.4 is 0 Å². The fourth-order valence-corrected chi connectivity index (χ4v) is 2.96. The van der Waals surface area contributed by atoms with Crippen molar-refractivity contribution in [3.63, 3.8) is 0 Å². The second-order valence-electron chi connectivity index (χ2n) is 6.30. The van der Waals surface area contributed by atoms with Gasteiger partial charge in [0.15, 0.2) is 0 Å². The summed E-state index contributed by atoms with van der Waals surface area (Å²) in [7, 11) is 1.62. The molecule has 0 bridgehead atoms. The predicted molar refractivity (Wildman–Crippen MR) is 71.6 cm³/mol. The maximum absolute atomic E-state index is 12.4. The quantitative estimate of drug-likeness (QED) is 0.791. The molecule has 0 aromatic carbocycles. The minimum atomic E-state index is -0.966. The van der Waals surface area contributed by atoms with Crippen LogP contribution in [0.3, 0.4) is 0 Å². The summed E-state index contributed by atoms with van der Waals surface area (Å²) in [5.74, 6) is -1.77. The third-order valence-corrected chi connectivity index (χ3v) is 3.87. The Balaban J connectivity index is 2.76. The van der Waals surface area contributed by atoms with Crippen LogP contribution in [0.1, 0.15) is 40.0 Å². The highest BCUT2D eigenvalue weighted by molar-refractivity contribution is 5.85. The third-order valence-electron chi connectivity index (χ3n) is 3.87. The first-order valence-corrected chi connectivity index (χ1v) is 6.86. The number of carbonyl (C=O) groups is 2. The van der Waals surface area contributed by atoms with Crippen molar-refractivity contribution in [3.8, 4) is 0 Å². The molecule has 5 heteroatoms. The van der Waals surface area contributed by atoms with E-state index in [-0.39, 0.29) is 12.5 Å². The van der Waals surface area contributed by atoms with Crippen molar-refractivity contribution >= 4 is 11.9 Å². The summed E-state index contributed by atoms with van der Waals surface area (Å²) in [5, 5.41) is 19.0. The fraction of sp³-hybridized carbons (Fsp3) is 0.857. The van der Waals surface area contributed by atoms with E-state index in [1.807, 2.05) is 6.92 Å². The molecule has 3 atom stereocenters. The van der Waals surface area contributed by atoms with E-state index in [9.17, 15) is 19.8 Å². The van der Waals surface area contributed by atoms with Crippen molar-refractivity contribution in [2.24, 2.45) is 17.8 Å². The number of amides is 1. The minimum Gasteiger partial charge on any atom is -0.481 e. The van der Waals surface area contributed by atoms with Crippen LogP contribution in [0.4, 0.5) is 0 Å². The summed E-state index contributed by atoms with van der Waals surface area (Å²) in [5.41, 5.74) is -0.966. The molecule has 110 valence electrons. The van der Waals surface area contributed by atoms with Crippen molar-refractivity contribution in [2.75, 3.05) is 13.6 Å². The molecular weight excluding hydrogens is 246 g/mol. The minimum absolute atomic E-state index is 0.162. The third kappa shape index (κ3) is 4.20. The Labute approximate surface area is 114 Å². The molecule has 0 spiro atoms. The van der Waals surface area contributed by atoms with Crippen molar-refractivity contribution in [1.29, 1.82) is 0 Å². The Morgan fingerprint density at radius 1 is 1.26 bits per heavy atom. The number of nitrogens with zero attached hydrogens (tertiary/aromatic N) is 1. The summed E-state index contributed by atoms with van der Waals surface area (Å²) in [4.78, 5) is 25.1. The molecule has 5 nitrogen and oxygen atoms in total. The molecule has 1 saturated carbocycles. The van der Waals surface area contributed by atoms with Gasteiger partial charge in [-0.25, -0.2) is 0 Å². The van der Waals surface area contributed by atoms with Crippen LogP contribution in [-0.2, 0) is 9.59 Å². The van der Waals surface area contributed by atoms with E-state index in [0.717, 1.165) is 6.42 Å². The van der Waals surface area contributed by atoms with Crippen LogP contribution in [0.2, 0.25) is 0 Å². The molecule has 1 aliphatic carbocycles. The first-order chi connectivity index (χ1) is 8.65. The average Bonchev–Trinajstić information content (AvgIpc) is 2.69. The molecule has 1 aliphatic rings. The number of hydrogen-bond donors (Lipinski definition) is 2. The van der Waals surface area contributed by atoms with E-state index < -0.39 is 23.4 Å². The van der Waals surface area contributed by atoms with E-state index >= 15 is 0 Å². The number of rotatable bonds is 5. The molecule has 0 saturated heterocycles. The lowest BCUT2D eigenvalue weighted by Crippen LogP contribution is -2.43. The second kappa shape index (κ2) is 5.90. The zero-order valence-electron chi connectivity index (χ0n) is 12.2. The topological polar surface area (TPSA) is 77.8 Å². The van der Waals surface area contributed by atoms with Gasteiger partial charge in [0, 0.05) is 13.6 Å². The Morgan fingerprint density at radius 2 is 1.79 bits per heavy atom. The van der Waals surface area contributed by atoms with Gasteiger partial charge in [-0.3, -0.25) is 9.59 Å². The lowest BCUT2D eigenvalue weighted by molar-refractivity contribution is -0.149. The van der Waals surface area contributed by atoms with Crippen LogP contribution in [0.15, 0.2) is 0 Å². The molecule has 0 aliphatic heterocycles. The van der Waals surface area contributed by atoms with E-state index in [1.165, 1.54) is 4.90 Å². The maximum atomic E-state index is 12.4. The van der Waals surface area contributed by atoms with Crippen molar-refractivity contribution in [3.05, 3.63) is 0 Å².